The van der Waals surface area contributed by atoms with Gasteiger partial charge in [-0.15, -0.1) is 23.1 Å². The van der Waals surface area contributed by atoms with Gasteiger partial charge in [-0.2, -0.15) is 0 Å². The van der Waals surface area contributed by atoms with Gasteiger partial charge in [-0.05, 0) is 36.4 Å². The molecular formula is C22H16FN3O4S2. The van der Waals surface area contributed by atoms with Gasteiger partial charge in [0.1, 0.15) is 11.4 Å². The van der Waals surface area contributed by atoms with Crippen molar-refractivity contribution in [3.63, 3.8) is 0 Å². The number of para-hydroxylation sites is 1. The van der Waals surface area contributed by atoms with Crippen molar-refractivity contribution in [3.05, 3.63) is 87.5 Å². The van der Waals surface area contributed by atoms with Crippen LogP contribution in [0.2, 0.25) is 0 Å². The van der Waals surface area contributed by atoms with E-state index in [0.717, 1.165) is 6.07 Å². The number of carbonyl (C=O) groups excluding carboxylic acids is 2. The van der Waals surface area contributed by atoms with Crippen LogP contribution >= 0.6 is 23.1 Å². The van der Waals surface area contributed by atoms with E-state index in [9.17, 15) is 18.8 Å². The second-order valence-electron chi connectivity index (χ2n) is 6.62. The molecule has 7 nitrogen and oxygen atoms in total. The summed E-state index contributed by atoms with van der Waals surface area (Å²) in [4.78, 5) is 40.9. The fourth-order valence-corrected chi connectivity index (χ4v) is 4.31. The number of rotatable bonds is 7. The zero-order chi connectivity index (χ0) is 22.5. The summed E-state index contributed by atoms with van der Waals surface area (Å²) in [6.45, 7) is 0. The first-order chi connectivity index (χ1) is 15.5. The predicted octanol–water partition coefficient (Wildman–Crippen LogP) is 4.51. The Labute approximate surface area is 189 Å². The number of hydrogen-bond donors (Lipinski definition) is 2. The maximum absolute atomic E-state index is 12.9. The van der Waals surface area contributed by atoms with Crippen molar-refractivity contribution < 1.29 is 18.4 Å². The molecule has 0 atom stereocenters. The van der Waals surface area contributed by atoms with E-state index in [1.54, 1.807) is 29.6 Å². The average Bonchev–Trinajstić information content (AvgIpc) is 3.22. The van der Waals surface area contributed by atoms with Crippen LogP contribution in [0.1, 0.15) is 16.2 Å². The number of fused-ring (bicyclic) bond motifs is 1. The molecular weight excluding hydrogens is 453 g/mol. The molecule has 2 aromatic carbocycles. The summed E-state index contributed by atoms with van der Waals surface area (Å²) in [6.07, 6.45) is 0. The molecule has 2 N–H and O–H groups in total. The van der Waals surface area contributed by atoms with Crippen molar-refractivity contribution in [2.75, 3.05) is 16.4 Å². The standard InChI is InChI=1S/C22H16FN3O4S2/c23-13-5-7-14(8-6-13)24-20(28)12-31-10-15-11-32-22(25-15)26-21(29)19-9-17(27)16-3-1-2-4-18(16)30-19/h1-9,11H,10,12H2,(H,24,28)(H,25,26,29). The van der Waals surface area contributed by atoms with E-state index in [1.165, 1.54) is 47.4 Å². The van der Waals surface area contributed by atoms with Crippen LogP contribution < -0.4 is 16.1 Å². The molecule has 0 saturated heterocycles. The molecule has 4 aromatic rings. The second kappa shape index (κ2) is 9.75. The van der Waals surface area contributed by atoms with E-state index < -0.39 is 5.91 Å². The molecule has 2 aromatic heterocycles. The molecule has 0 unspecified atom stereocenters. The first-order valence-electron chi connectivity index (χ1n) is 9.40. The normalized spacial score (nSPS) is 10.8. The lowest BCUT2D eigenvalue weighted by atomic mass is 10.2. The summed E-state index contributed by atoms with van der Waals surface area (Å²) in [5.74, 6) is -0.590. The number of nitrogens with one attached hydrogen (secondary N) is 2. The van der Waals surface area contributed by atoms with Crippen LogP contribution in [0.3, 0.4) is 0 Å². The van der Waals surface area contributed by atoms with Crippen LogP contribution in [0.25, 0.3) is 11.0 Å². The molecule has 32 heavy (non-hydrogen) atoms. The number of aromatic nitrogens is 1. The Morgan fingerprint density at radius 2 is 1.88 bits per heavy atom. The molecule has 10 heteroatoms. The van der Waals surface area contributed by atoms with Crippen molar-refractivity contribution in [2.45, 2.75) is 5.75 Å². The highest BCUT2D eigenvalue weighted by molar-refractivity contribution is 7.99. The Hall–Kier alpha value is -3.50. The number of hydrogen-bond acceptors (Lipinski definition) is 7. The Morgan fingerprint density at radius 1 is 1.09 bits per heavy atom. The first kappa shape index (κ1) is 21.7. The van der Waals surface area contributed by atoms with E-state index in [2.05, 4.69) is 15.6 Å². The Morgan fingerprint density at radius 3 is 2.69 bits per heavy atom. The highest BCUT2D eigenvalue weighted by Gasteiger charge is 2.14. The lowest BCUT2D eigenvalue weighted by molar-refractivity contribution is -0.113. The van der Waals surface area contributed by atoms with E-state index in [1.807, 2.05) is 0 Å². The molecule has 162 valence electrons. The maximum Gasteiger partial charge on any atom is 0.293 e. The summed E-state index contributed by atoms with van der Waals surface area (Å²) in [7, 11) is 0. The number of amides is 2. The van der Waals surface area contributed by atoms with E-state index in [-0.39, 0.29) is 28.7 Å². The Bertz CT molecular complexity index is 1340. The minimum absolute atomic E-state index is 0.0997. The first-order valence-corrected chi connectivity index (χ1v) is 11.4. The molecule has 2 heterocycles. The van der Waals surface area contributed by atoms with Gasteiger partial charge >= 0.3 is 0 Å². The zero-order valence-electron chi connectivity index (χ0n) is 16.5. The van der Waals surface area contributed by atoms with Crippen molar-refractivity contribution in [3.8, 4) is 0 Å². The fourth-order valence-electron chi connectivity index (χ4n) is 2.78. The number of anilines is 2. The molecule has 0 radical (unpaired) electrons. The lowest BCUT2D eigenvalue weighted by Gasteiger charge is -2.04. The smallest absolute Gasteiger partial charge is 0.293 e. The molecule has 0 fully saturated rings. The summed E-state index contributed by atoms with van der Waals surface area (Å²) < 4.78 is 18.4. The number of nitrogens with zero attached hydrogens (tertiary/aromatic N) is 1. The third-order valence-corrected chi connectivity index (χ3v) is 6.01. The number of carbonyl (C=O) groups is 2. The predicted molar refractivity (Wildman–Crippen MR) is 124 cm³/mol. The van der Waals surface area contributed by atoms with Gasteiger partial charge in [-0.1, -0.05) is 12.1 Å². The quantitative estimate of drug-likeness (QED) is 0.413. The van der Waals surface area contributed by atoms with Gasteiger partial charge in [0.05, 0.1) is 16.8 Å². The van der Waals surface area contributed by atoms with Gasteiger partial charge < -0.3 is 9.73 Å². The van der Waals surface area contributed by atoms with Crippen molar-refractivity contribution in [1.82, 2.24) is 4.98 Å². The van der Waals surface area contributed by atoms with Gasteiger partial charge in [-0.25, -0.2) is 9.37 Å². The topological polar surface area (TPSA) is 101 Å². The summed E-state index contributed by atoms with van der Waals surface area (Å²) in [5.41, 5.74) is 1.26. The highest BCUT2D eigenvalue weighted by Crippen LogP contribution is 2.21. The van der Waals surface area contributed by atoms with Crippen molar-refractivity contribution in [2.24, 2.45) is 0 Å². The van der Waals surface area contributed by atoms with Crippen LogP contribution in [0, 0.1) is 5.82 Å². The maximum atomic E-state index is 12.9. The number of halogens is 1. The van der Waals surface area contributed by atoms with Crippen molar-refractivity contribution in [1.29, 1.82) is 0 Å². The third kappa shape index (κ3) is 5.40. The third-order valence-electron chi connectivity index (χ3n) is 4.24. The van der Waals surface area contributed by atoms with Crippen LogP contribution in [-0.4, -0.2) is 22.6 Å². The van der Waals surface area contributed by atoms with Gasteiger partial charge in [0, 0.05) is 22.9 Å². The fraction of sp³-hybridized carbons (Fsp3) is 0.0909. The van der Waals surface area contributed by atoms with Crippen LogP contribution in [0.4, 0.5) is 15.2 Å². The molecule has 0 aliphatic heterocycles. The minimum atomic E-state index is -0.569. The molecule has 0 spiro atoms. The summed E-state index contributed by atoms with van der Waals surface area (Å²) >= 11 is 2.59. The molecule has 0 aliphatic rings. The summed E-state index contributed by atoms with van der Waals surface area (Å²) in [6, 6.07) is 13.4. The lowest BCUT2D eigenvalue weighted by Crippen LogP contribution is -2.15. The Kier molecular flexibility index (Phi) is 6.62. The van der Waals surface area contributed by atoms with Gasteiger partial charge in [0.2, 0.25) is 5.91 Å². The molecule has 2 amide bonds. The van der Waals surface area contributed by atoms with Gasteiger partial charge in [0.25, 0.3) is 5.91 Å². The zero-order valence-corrected chi connectivity index (χ0v) is 18.1. The highest BCUT2D eigenvalue weighted by atomic mass is 32.2. The molecule has 0 saturated carbocycles. The van der Waals surface area contributed by atoms with Gasteiger partial charge in [-0.3, -0.25) is 19.7 Å². The van der Waals surface area contributed by atoms with Crippen molar-refractivity contribution >= 4 is 56.7 Å². The van der Waals surface area contributed by atoms with Crippen LogP contribution in [-0.2, 0) is 10.5 Å². The molecule has 4 rings (SSSR count). The number of thiazole rings is 1. The number of thioether (sulfide) groups is 1. The van der Waals surface area contributed by atoms with E-state index in [0.29, 0.717) is 33.2 Å². The number of benzene rings is 2. The summed E-state index contributed by atoms with van der Waals surface area (Å²) in [5, 5.41) is 7.85. The molecule has 0 aliphatic carbocycles. The molecule has 0 bridgehead atoms. The second-order valence-corrected chi connectivity index (χ2v) is 8.46. The SMILES string of the molecule is O=C(CSCc1csc(NC(=O)c2cc(=O)c3ccccc3o2)n1)Nc1ccc(F)cc1. The van der Waals surface area contributed by atoms with E-state index in [4.69, 9.17) is 4.42 Å². The average molecular weight is 470 g/mol. The van der Waals surface area contributed by atoms with Crippen LogP contribution in [0.15, 0.2) is 69.2 Å². The minimum Gasteiger partial charge on any atom is -0.451 e. The monoisotopic (exact) mass is 469 g/mol. The largest absolute Gasteiger partial charge is 0.451 e. The van der Waals surface area contributed by atoms with Gasteiger partial charge in [0.15, 0.2) is 16.3 Å². The van der Waals surface area contributed by atoms with Crippen LogP contribution in [0.5, 0.6) is 0 Å². The Balaban J connectivity index is 1.30. The van der Waals surface area contributed by atoms with E-state index >= 15 is 0 Å².